The smallest absolute Gasteiger partial charge is 0.330 e. The van der Waals surface area contributed by atoms with Crippen LogP contribution in [0.2, 0.25) is 18.1 Å². The summed E-state index contributed by atoms with van der Waals surface area (Å²) in [5.41, 5.74) is -1.58. The van der Waals surface area contributed by atoms with Gasteiger partial charge in [0, 0.05) is 30.9 Å². The lowest BCUT2D eigenvalue weighted by Gasteiger charge is -2.40. The minimum atomic E-state index is -3.45. The second-order valence-corrected chi connectivity index (χ2v) is 17.8. The van der Waals surface area contributed by atoms with Crippen LogP contribution in [0.15, 0.2) is 21.9 Å². The van der Waals surface area contributed by atoms with E-state index in [9.17, 15) is 19.4 Å². The van der Waals surface area contributed by atoms with Crippen molar-refractivity contribution in [3.05, 3.63) is 33.1 Å². The summed E-state index contributed by atoms with van der Waals surface area (Å²) in [7, 11) is -0.802. The lowest BCUT2D eigenvalue weighted by Crippen LogP contribution is -2.50. The number of nitrogens with one attached hydrogen (secondary N) is 1. The van der Waals surface area contributed by atoms with Gasteiger partial charge in [-0.1, -0.05) is 20.8 Å². The van der Waals surface area contributed by atoms with Gasteiger partial charge in [0.25, 0.3) is 5.56 Å². The Kier molecular flexibility index (Phi) is 6.43. The van der Waals surface area contributed by atoms with E-state index in [-0.39, 0.29) is 11.0 Å². The molecule has 30 heavy (non-hydrogen) atoms. The summed E-state index contributed by atoms with van der Waals surface area (Å²) in [6.07, 6.45) is -1.10. The van der Waals surface area contributed by atoms with E-state index in [1.165, 1.54) is 19.4 Å². The van der Waals surface area contributed by atoms with Crippen LogP contribution in [0.3, 0.4) is 0 Å². The molecule has 0 radical (unpaired) electrons. The Hall–Kier alpha value is -0.653. The Balaban J connectivity index is 2.02. The number of methoxy groups -OCH3 is 1. The van der Waals surface area contributed by atoms with Gasteiger partial charge in [-0.2, -0.15) is 0 Å². The van der Waals surface area contributed by atoms with Crippen molar-refractivity contribution in [3.8, 4) is 0 Å². The monoisotopic (exact) mass is 478 g/mol. The average Bonchev–Trinajstić information content (AvgIpc) is 3.32. The van der Waals surface area contributed by atoms with Gasteiger partial charge in [0.1, 0.15) is 12.2 Å². The minimum Gasteiger partial charge on any atom is -0.408 e. The van der Waals surface area contributed by atoms with Crippen molar-refractivity contribution in [2.24, 2.45) is 5.92 Å². The Morgan fingerprint density at radius 1 is 1.30 bits per heavy atom. The molecule has 2 fully saturated rings. The van der Waals surface area contributed by atoms with Crippen LogP contribution in [0.25, 0.3) is 0 Å². The quantitative estimate of drug-likeness (QED) is 0.416. The van der Waals surface area contributed by atoms with Crippen LogP contribution in [-0.2, 0) is 25.7 Å². The second kappa shape index (κ2) is 8.04. The number of H-pyrrole nitrogens is 1. The first kappa shape index (κ1) is 24.0. The highest BCUT2D eigenvalue weighted by Crippen LogP contribution is 2.62. The summed E-state index contributed by atoms with van der Waals surface area (Å²) >= 11 is 4.91. The van der Waals surface area contributed by atoms with E-state index in [0.717, 1.165) is 4.57 Å². The van der Waals surface area contributed by atoms with Crippen LogP contribution in [0, 0.1) is 5.92 Å². The first-order valence-corrected chi connectivity index (χ1v) is 15.6. The van der Waals surface area contributed by atoms with E-state index >= 15 is 0 Å². The maximum atomic E-state index is 12.4. The van der Waals surface area contributed by atoms with Gasteiger partial charge < -0.3 is 28.7 Å². The molecule has 3 rings (SSSR count). The number of nitrogens with zero attached hydrogens (tertiary/aromatic N) is 1. The van der Waals surface area contributed by atoms with E-state index in [1.54, 1.807) is 0 Å². The van der Waals surface area contributed by atoms with Gasteiger partial charge in [-0.05, 0) is 36.4 Å². The van der Waals surface area contributed by atoms with Gasteiger partial charge in [0.2, 0.25) is 0 Å². The predicted octanol–water partition coefficient (Wildman–Crippen LogP) is 1.52. The molecule has 1 aliphatic carbocycles. The van der Waals surface area contributed by atoms with E-state index in [0.29, 0.717) is 6.42 Å². The van der Waals surface area contributed by atoms with Crippen molar-refractivity contribution in [1.29, 1.82) is 0 Å². The molecular weight excluding hydrogens is 447 g/mol. The molecule has 1 aromatic heterocycles. The van der Waals surface area contributed by atoms with E-state index < -0.39 is 56.3 Å². The number of hydrogen-bond acceptors (Lipinski definition) is 6. The summed E-state index contributed by atoms with van der Waals surface area (Å²) in [6, 6.07) is 1.25. The van der Waals surface area contributed by atoms with Crippen LogP contribution < -0.4 is 11.2 Å². The minimum absolute atomic E-state index is 0.0966. The van der Waals surface area contributed by atoms with Crippen LogP contribution in [0.4, 0.5) is 0 Å². The Morgan fingerprint density at radius 2 is 1.93 bits per heavy atom. The molecule has 2 unspecified atom stereocenters. The number of hydrogen-bond donors (Lipinski definition) is 3. The highest BCUT2D eigenvalue weighted by molar-refractivity contribution is 8.09. The molecular formula is C18H31N2O7PSSi. The number of rotatable bonds is 6. The van der Waals surface area contributed by atoms with Gasteiger partial charge in [0.15, 0.2) is 21.0 Å². The van der Waals surface area contributed by atoms with E-state index in [4.69, 9.17) is 25.7 Å². The molecule has 9 nitrogen and oxygen atoms in total. The molecule has 2 aliphatic rings. The molecule has 0 aromatic carbocycles. The van der Waals surface area contributed by atoms with Crippen molar-refractivity contribution in [2.45, 2.75) is 75.5 Å². The number of ether oxygens (including phenoxy) is 2. The Labute approximate surface area is 181 Å². The molecule has 1 aromatic rings. The van der Waals surface area contributed by atoms with Crippen molar-refractivity contribution in [3.63, 3.8) is 0 Å². The maximum absolute atomic E-state index is 12.4. The highest BCUT2D eigenvalue weighted by Gasteiger charge is 2.61. The Morgan fingerprint density at radius 3 is 2.40 bits per heavy atom. The highest BCUT2D eigenvalue weighted by atomic mass is 32.5. The molecule has 1 saturated heterocycles. The molecule has 0 bridgehead atoms. The molecule has 1 aliphatic heterocycles. The van der Waals surface area contributed by atoms with Crippen LogP contribution in [-0.4, -0.2) is 58.7 Å². The van der Waals surface area contributed by atoms with Gasteiger partial charge in [-0.15, -0.1) is 0 Å². The third kappa shape index (κ3) is 4.45. The summed E-state index contributed by atoms with van der Waals surface area (Å²) in [6.45, 7) is 7.06. The SMILES string of the molecule is CO[C@@H]1[C@H](O[Si](C)(C)C(C)(C)C)[C@@H](C2CC2P(O)(O)=S)O[C@H]1n1c(=O)cc[nH]c1=O. The van der Waals surface area contributed by atoms with Gasteiger partial charge in [-0.25, -0.2) is 9.36 Å². The molecule has 0 amide bonds. The topological polar surface area (TPSA) is 123 Å². The number of aromatic nitrogens is 2. The normalized spacial score (nSPS) is 32.4. The van der Waals surface area contributed by atoms with Gasteiger partial charge in [0.05, 0.1) is 6.10 Å². The fraction of sp³-hybridized carbons (Fsp3) is 0.778. The van der Waals surface area contributed by atoms with Gasteiger partial charge in [-0.3, -0.25) is 4.79 Å². The molecule has 6 atom stereocenters. The standard InChI is InChI=1S/C18H31N2O7PSSi/c1-18(2,3)30(5,6)27-14-13(10-9-11(10)28(23,24)29)26-16(15(14)25-4)20-12(21)7-8-19-17(20)22/h7-8,10-11,13-16H,9H2,1-6H3,(H,19,22)(H2,23,24,29)/t10?,11?,13-,14-,15-,16-/m1/s1. The third-order valence-electron chi connectivity index (χ3n) is 6.54. The molecule has 12 heteroatoms. The lowest BCUT2D eigenvalue weighted by molar-refractivity contribution is -0.0587. The van der Waals surface area contributed by atoms with E-state index in [1.807, 2.05) is 0 Å². The predicted molar refractivity (Wildman–Crippen MR) is 119 cm³/mol. The summed E-state index contributed by atoms with van der Waals surface area (Å²) in [5, 5.41) is -0.0966. The molecule has 1 saturated carbocycles. The summed E-state index contributed by atoms with van der Waals surface area (Å²) < 4.78 is 19.5. The first-order chi connectivity index (χ1) is 13.7. The zero-order valence-corrected chi connectivity index (χ0v) is 20.8. The van der Waals surface area contributed by atoms with Crippen molar-refractivity contribution in [1.82, 2.24) is 9.55 Å². The number of aromatic amines is 1. The summed E-state index contributed by atoms with van der Waals surface area (Å²) in [5.74, 6) is -0.234. The third-order valence-corrected chi connectivity index (χ3v) is 13.3. The van der Waals surface area contributed by atoms with E-state index in [2.05, 4.69) is 38.8 Å². The van der Waals surface area contributed by atoms with Crippen LogP contribution in [0.1, 0.15) is 33.4 Å². The first-order valence-electron chi connectivity index (χ1n) is 9.90. The molecule has 3 N–H and O–H groups in total. The van der Waals surface area contributed by atoms with Crippen LogP contribution in [0.5, 0.6) is 0 Å². The maximum Gasteiger partial charge on any atom is 0.330 e. The largest absolute Gasteiger partial charge is 0.408 e. The fourth-order valence-electron chi connectivity index (χ4n) is 3.73. The summed E-state index contributed by atoms with van der Waals surface area (Å²) in [4.78, 5) is 47.3. The fourth-order valence-corrected chi connectivity index (χ4v) is 6.95. The van der Waals surface area contributed by atoms with Crippen LogP contribution >= 0.6 is 6.49 Å². The molecule has 0 spiro atoms. The lowest BCUT2D eigenvalue weighted by atomic mass is 10.1. The Bertz CT molecular complexity index is 925. The van der Waals surface area contributed by atoms with Crippen molar-refractivity contribution < 1.29 is 23.7 Å². The van der Waals surface area contributed by atoms with Crippen molar-refractivity contribution >= 4 is 26.6 Å². The molecule has 2 heterocycles. The van der Waals surface area contributed by atoms with Crippen molar-refractivity contribution in [2.75, 3.05) is 7.11 Å². The molecule has 170 valence electrons. The average molecular weight is 479 g/mol. The van der Waals surface area contributed by atoms with Gasteiger partial charge >= 0.3 is 5.69 Å². The second-order valence-electron chi connectivity index (χ2n) is 9.58. The zero-order valence-electron chi connectivity index (χ0n) is 18.1. The zero-order chi connectivity index (χ0) is 22.6.